The van der Waals surface area contributed by atoms with Crippen LogP contribution in [0.2, 0.25) is 0 Å². The maximum absolute atomic E-state index is 12.2. The summed E-state index contributed by atoms with van der Waals surface area (Å²) in [7, 11) is 1.56. The number of ether oxygens (including phenoxy) is 1. The molecule has 2 rings (SSSR count). The maximum atomic E-state index is 12.2. The van der Waals surface area contributed by atoms with Gasteiger partial charge in [-0.1, -0.05) is 0 Å². The van der Waals surface area contributed by atoms with Gasteiger partial charge < -0.3 is 19.9 Å². The lowest BCUT2D eigenvalue weighted by Gasteiger charge is -2.36. The zero-order valence-electron chi connectivity index (χ0n) is 11.2. The molecule has 0 aliphatic carbocycles. The topological polar surface area (TPSA) is 60.5 Å². The third-order valence-electron chi connectivity index (χ3n) is 3.64. The number of carbonyl (C=O) groups excluding carboxylic acids is 1. The van der Waals surface area contributed by atoms with Crippen molar-refractivity contribution in [2.75, 3.05) is 20.3 Å². The van der Waals surface area contributed by atoms with Crippen molar-refractivity contribution in [1.82, 2.24) is 9.47 Å². The summed E-state index contributed by atoms with van der Waals surface area (Å²) in [6, 6.07) is 3.68. The Morgan fingerprint density at radius 3 is 2.94 bits per heavy atom. The summed E-state index contributed by atoms with van der Waals surface area (Å²) in [5.41, 5.74) is 8.24. The maximum Gasteiger partial charge on any atom is 0.242 e. The van der Waals surface area contributed by atoms with Gasteiger partial charge in [-0.15, -0.1) is 0 Å². The Hall–Kier alpha value is -1.33. The molecular weight excluding hydrogens is 230 g/mol. The molecule has 2 N–H and O–H groups in total. The lowest BCUT2D eigenvalue weighted by molar-refractivity contribution is -0.137. The van der Waals surface area contributed by atoms with Crippen LogP contribution in [0, 0.1) is 6.92 Å². The van der Waals surface area contributed by atoms with Gasteiger partial charge in [0.25, 0.3) is 0 Å². The van der Waals surface area contributed by atoms with Gasteiger partial charge in [0.15, 0.2) is 0 Å². The number of aryl methyl sites for hydroxylation is 1. The second-order valence-electron chi connectivity index (χ2n) is 4.82. The molecule has 0 spiro atoms. The van der Waals surface area contributed by atoms with Crippen LogP contribution >= 0.6 is 0 Å². The van der Waals surface area contributed by atoms with E-state index in [1.54, 1.807) is 7.11 Å². The molecule has 2 atom stereocenters. The molecule has 1 aliphatic rings. The van der Waals surface area contributed by atoms with E-state index < -0.39 is 6.04 Å². The van der Waals surface area contributed by atoms with Gasteiger partial charge >= 0.3 is 0 Å². The number of hydrogen-bond donors (Lipinski definition) is 1. The molecule has 0 radical (unpaired) electrons. The fourth-order valence-electron chi connectivity index (χ4n) is 2.59. The molecule has 2 heterocycles. The van der Waals surface area contributed by atoms with Crippen molar-refractivity contribution in [3.8, 4) is 0 Å². The third-order valence-corrected chi connectivity index (χ3v) is 3.64. The van der Waals surface area contributed by atoms with Crippen LogP contribution in [0.15, 0.2) is 12.1 Å². The minimum atomic E-state index is -0.569. The van der Waals surface area contributed by atoms with Gasteiger partial charge in [0.2, 0.25) is 5.91 Å². The first-order chi connectivity index (χ1) is 8.56. The molecule has 1 aromatic rings. The minimum absolute atomic E-state index is 0.0329. The largest absolute Gasteiger partial charge is 0.383 e. The second kappa shape index (κ2) is 5.12. The van der Waals surface area contributed by atoms with Crippen LogP contribution in [0.25, 0.3) is 0 Å². The fourth-order valence-corrected chi connectivity index (χ4v) is 2.59. The molecule has 1 aromatic heterocycles. The second-order valence-corrected chi connectivity index (χ2v) is 4.82. The monoisotopic (exact) mass is 251 g/mol. The molecule has 0 saturated heterocycles. The molecule has 5 heteroatoms. The average Bonchev–Trinajstić information content (AvgIpc) is 2.72. The van der Waals surface area contributed by atoms with Gasteiger partial charge in [-0.2, -0.15) is 0 Å². The fraction of sp³-hybridized carbons (Fsp3) is 0.615. The molecule has 0 aromatic carbocycles. The first-order valence-electron chi connectivity index (χ1n) is 6.27. The average molecular weight is 251 g/mol. The summed E-state index contributed by atoms with van der Waals surface area (Å²) in [4.78, 5) is 14.1. The van der Waals surface area contributed by atoms with E-state index in [1.807, 2.05) is 11.8 Å². The number of hydrogen-bond acceptors (Lipinski definition) is 3. The normalized spacial score (nSPS) is 20.7. The number of amides is 1. The summed E-state index contributed by atoms with van der Waals surface area (Å²) < 4.78 is 7.21. The van der Waals surface area contributed by atoms with Crippen molar-refractivity contribution in [1.29, 1.82) is 0 Å². The molecule has 1 amide bonds. The smallest absolute Gasteiger partial charge is 0.242 e. The van der Waals surface area contributed by atoms with E-state index in [-0.39, 0.29) is 18.6 Å². The Labute approximate surface area is 108 Å². The molecule has 0 bridgehead atoms. The van der Waals surface area contributed by atoms with Crippen molar-refractivity contribution in [3.05, 3.63) is 23.5 Å². The van der Waals surface area contributed by atoms with Crippen molar-refractivity contribution in [2.24, 2.45) is 5.73 Å². The zero-order chi connectivity index (χ0) is 13.3. The van der Waals surface area contributed by atoms with Crippen LogP contribution in [0.5, 0.6) is 0 Å². The number of nitrogens with zero attached hydrogens (tertiary/aromatic N) is 2. The van der Waals surface area contributed by atoms with Gasteiger partial charge in [0, 0.05) is 31.6 Å². The number of methoxy groups -OCH3 is 1. The van der Waals surface area contributed by atoms with E-state index in [9.17, 15) is 4.79 Å². The van der Waals surface area contributed by atoms with Gasteiger partial charge in [0.1, 0.15) is 6.04 Å². The summed E-state index contributed by atoms with van der Waals surface area (Å²) in [6.45, 7) is 5.94. The molecule has 0 fully saturated rings. The summed E-state index contributed by atoms with van der Waals surface area (Å²) in [5, 5.41) is 0. The van der Waals surface area contributed by atoms with Crippen LogP contribution in [0.3, 0.4) is 0 Å². The van der Waals surface area contributed by atoms with E-state index >= 15 is 0 Å². The van der Waals surface area contributed by atoms with E-state index in [0.29, 0.717) is 6.54 Å². The van der Waals surface area contributed by atoms with Gasteiger partial charge in [0.05, 0.1) is 12.6 Å². The molecular formula is C13H21N3O2. The van der Waals surface area contributed by atoms with Crippen LogP contribution in [-0.2, 0) is 16.1 Å². The summed E-state index contributed by atoms with van der Waals surface area (Å²) >= 11 is 0. The Kier molecular flexibility index (Phi) is 3.73. The van der Waals surface area contributed by atoms with Gasteiger partial charge in [-0.3, -0.25) is 4.79 Å². The Balaban J connectivity index is 2.16. The van der Waals surface area contributed by atoms with Crippen molar-refractivity contribution in [2.45, 2.75) is 32.5 Å². The standard InChI is InChI=1S/C13H21N3O2/c1-9-4-5-12-10(2)16(7-6-15(9)12)13(17)11(14)8-18-3/h4-5,10-11H,6-8,14H2,1-3H3. The van der Waals surface area contributed by atoms with Crippen LogP contribution in [0.4, 0.5) is 0 Å². The first kappa shape index (κ1) is 13.1. The molecule has 0 saturated carbocycles. The molecule has 2 unspecified atom stereocenters. The predicted octanol–water partition coefficient (Wildman–Crippen LogP) is 0.673. The SMILES string of the molecule is COCC(N)C(=O)N1CCn2c(C)ccc2C1C. The molecule has 1 aliphatic heterocycles. The molecule has 100 valence electrons. The first-order valence-corrected chi connectivity index (χ1v) is 6.27. The van der Waals surface area contributed by atoms with Gasteiger partial charge in [-0.25, -0.2) is 0 Å². The lowest BCUT2D eigenvalue weighted by Crippen LogP contribution is -2.50. The van der Waals surface area contributed by atoms with E-state index in [4.69, 9.17) is 10.5 Å². The molecule has 18 heavy (non-hydrogen) atoms. The third kappa shape index (κ3) is 2.15. The number of fused-ring (bicyclic) bond motifs is 1. The Morgan fingerprint density at radius 2 is 2.28 bits per heavy atom. The quantitative estimate of drug-likeness (QED) is 0.859. The van der Waals surface area contributed by atoms with Crippen LogP contribution in [-0.4, -0.2) is 41.7 Å². The lowest BCUT2D eigenvalue weighted by atomic mass is 10.1. The Morgan fingerprint density at radius 1 is 1.56 bits per heavy atom. The van der Waals surface area contributed by atoms with Crippen molar-refractivity contribution in [3.63, 3.8) is 0 Å². The van der Waals surface area contributed by atoms with Crippen LogP contribution < -0.4 is 5.73 Å². The summed E-state index contributed by atoms with van der Waals surface area (Å²) in [5.74, 6) is -0.0329. The number of carbonyl (C=O) groups is 1. The molecule has 5 nitrogen and oxygen atoms in total. The highest BCUT2D eigenvalue weighted by Crippen LogP contribution is 2.27. The summed E-state index contributed by atoms with van der Waals surface area (Å²) in [6.07, 6.45) is 0. The van der Waals surface area contributed by atoms with E-state index in [2.05, 4.69) is 23.6 Å². The van der Waals surface area contributed by atoms with Crippen molar-refractivity contribution >= 4 is 5.91 Å². The zero-order valence-corrected chi connectivity index (χ0v) is 11.2. The number of aromatic nitrogens is 1. The van der Waals surface area contributed by atoms with Gasteiger partial charge in [-0.05, 0) is 26.0 Å². The highest BCUT2D eigenvalue weighted by Gasteiger charge is 2.30. The van der Waals surface area contributed by atoms with E-state index in [1.165, 1.54) is 11.4 Å². The van der Waals surface area contributed by atoms with E-state index in [0.717, 1.165) is 6.54 Å². The minimum Gasteiger partial charge on any atom is -0.383 e. The number of nitrogens with two attached hydrogens (primary N) is 1. The van der Waals surface area contributed by atoms with Crippen LogP contribution in [0.1, 0.15) is 24.4 Å². The predicted molar refractivity (Wildman–Crippen MR) is 69.1 cm³/mol. The highest BCUT2D eigenvalue weighted by atomic mass is 16.5. The number of rotatable bonds is 3. The van der Waals surface area contributed by atoms with Crippen molar-refractivity contribution < 1.29 is 9.53 Å². The highest BCUT2D eigenvalue weighted by molar-refractivity contribution is 5.82. The Bertz CT molecular complexity index is 441.